The van der Waals surface area contributed by atoms with Crippen LogP contribution in [0, 0.1) is 12.5 Å². The van der Waals surface area contributed by atoms with Crippen molar-refractivity contribution in [2.75, 3.05) is 6.61 Å². The van der Waals surface area contributed by atoms with Gasteiger partial charge in [0, 0.05) is 27.2 Å². The Morgan fingerprint density at radius 1 is 1.44 bits per heavy atom. The molecule has 0 N–H and O–H groups in total. The minimum absolute atomic E-state index is 0.207. The molecule has 1 atom stereocenters. The molecule has 0 aromatic heterocycles. The van der Waals surface area contributed by atoms with Gasteiger partial charge in [-0.25, -0.2) is 6.57 Å². The van der Waals surface area contributed by atoms with Crippen LogP contribution in [0.2, 0.25) is 0 Å². The highest BCUT2D eigenvalue weighted by Gasteiger charge is 2.21. The van der Waals surface area contributed by atoms with Gasteiger partial charge < -0.3 is 9.58 Å². The fraction of sp³-hybridized carbons (Fsp3) is 0.846. The molecule has 0 aliphatic heterocycles. The molecule has 3 nitrogen and oxygen atoms in total. The van der Waals surface area contributed by atoms with Crippen molar-refractivity contribution in [1.82, 2.24) is 0 Å². The van der Waals surface area contributed by atoms with E-state index in [1.54, 1.807) is 0 Å². The number of carbonyl (C=O) groups is 1. The van der Waals surface area contributed by atoms with E-state index in [0.29, 0.717) is 12.5 Å². The molecule has 0 heterocycles. The Bertz CT molecular complexity index is 253. The number of hydrogen-bond donors (Lipinski definition) is 0. The van der Waals surface area contributed by atoms with Gasteiger partial charge in [0.2, 0.25) is 5.54 Å². The first-order chi connectivity index (χ1) is 7.37. The largest absolute Gasteiger partial charge is 0.466 e. The zero-order valence-corrected chi connectivity index (χ0v) is 10.9. The maximum Gasteiger partial charge on any atom is 0.302 e. The molecular weight excluding hydrogens is 202 g/mol. The van der Waals surface area contributed by atoms with Crippen LogP contribution in [0.3, 0.4) is 0 Å². The normalized spacial score (nSPS) is 12.9. The smallest absolute Gasteiger partial charge is 0.302 e. The van der Waals surface area contributed by atoms with Crippen molar-refractivity contribution < 1.29 is 9.53 Å². The summed E-state index contributed by atoms with van der Waals surface area (Å²) in [5.41, 5.74) is -0.227. The molecule has 0 saturated carbocycles. The molecule has 3 heteroatoms. The minimum atomic E-state index is -0.227. The molecule has 0 aliphatic carbocycles. The Balaban J connectivity index is 3.55. The van der Waals surface area contributed by atoms with Crippen LogP contribution < -0.4 is 0 Å². The molecule has 1 unspecified atom stereocenters. The van der Waals surface area contributed by atoms with Gasteiger partial charge in [-0.05, 0) is 18.8 Å². The number of ether oxygens (including phenoxy) is 1. The van der Waals surface area contributed by atoms with Crippen molar-refractivity contribution in [3.8, 4) is 0 Å². The SMILES string of the molecule is [C-]#[N+]C(C)(C)CCCC(C)CCOC(C)=O. The summed E-state index contributed by atoms with van der Waals surface area (Å²) in [6, 6.07) is 0. The van der Waals surface area contributed by atoms with E-state index in [2.05, 4.69) is 11.8 Å². The third kappa shape index (κ3) is 8.28. The van der Waals surface area contributed by atoms with Gasteiger partial charge in [-0.2, -0.15) is 0 Å². The molecule has 16 heavy (non-hydrogen) atoms. The highest BCUT2D eigenvalue weighted by molar-refractivity contribution is 5.65. The fourth-order valence-corrected chi connectivity index (χ4v) is 1.49. The summed E-state index contributed by atoms with van der Waals surface area (Å²) >= 11 is 0. The lowest BCUT2D eigenvalue weighted by Crippen LogP contribution is -2.14. The van der Waals surface area contributed by atoms with Crippen LogP contribution in [-0.2, 0) is 9.53 Å². The first-order valence-electron chi connectivity index (χ1n) is 5.89. The number of esters is 1. The summed E-state index contributed by atoms with van der Waals surface area (Å²) in [5, 5.41) is 0. The first kappa shape index (κ1) is 15.0. The van der Waals surface area contributed by atoms with Crippen LogP contribution in [0.15, 0.2) is 0 Å². The van der Waals surface area contributed by atoms with Gasteiger partial charge in [-0.15, -0.1) is 0 Å². The Morgan fingerprint density at radius 2 is 2.06 bits per heavy atom. The summed E-state index contributed by atoms with van der Waals surface area (Å²) in [6.07, 6.45) is 4.02. The fourth-order valence-electron chi connectivity index (χ4n) is 1.49. The topological polar surface area (TPSA) is 30.7 Å². The van der Waals surface area contributed by atoms with E-state index in [1.807, 2.05) is 13.8 Å². The highest BCUT2D eigenvalue weighted by atomic mass is 16.5. The van der Waals surface area contributed by atoms with E-state index in [9.17, 15) is 4.79 Å². The van der Waals surface area contributed by atoms with Crippen molar-refractivity contribution in [3.63, 3.8) is 0 Å². The van der Waals surface area contributed by atoms with Crippen molar-refractivity contribution in [1.29, 1.82) is 0 Å². The molecule has 0 aliphatic rings. The number of nitrogens with zero attached hydrogens (tertiary/aromatic N) is 1. The second kappa shape index (κ2) is 7.27. The standard InChI is InChI=1S/C13H23NO2/c1-11(8-10-16-12(2)15)7-6-9-13(3,4)14-5/h11H,6-10H2,1-4H3. The predicted molar refractivity (Wildman–Crippen MR) is 64.9 cm³/mol. The predicted octanol–water partition coefficient (Wildman–Crippen LogP) is 3.44. The first-order valence-corrected chi connectivity index (χ1v) is 5.89. The maximum atomic E-state index is 10.6. The number of hydrogen-bond acceptors (Lipinski definition) is 2. The van der Waals surface area contributed by atoms with Crippen molar-refractivity contribution in [2.24, 2.45) is 5.92 Å². The molecule has 0 radical (unpaired) electrons. The second-order valence-corrected chi connectivity index (χ2v) is 5.05. The summed E-state index contributed by atoms with van der Waals surface area (Å²) in [5.74, 6) is 0.349. The summed E-state index contributed by atoms with van der Waals surface area (Å²) in [6.45, 7) is 15.1. The molecule has 0 saturated heterocycles. The summed E-state index contributed by atoms with van der Waals surface area (Å²) < 4.78 is 4.89. The Morgan fingerprint density at radius 3 is 2.56 bits per heavy atom. The summed E-state index contributed by atoms with van der Waals surface area (Å²) in [7, 11) is 0. The molecule has 0 aromatic rings. The molecule has 92 valence electrons. The van der Waals surface area contributed by atoms with Gasteiger partial charge in [-0.1, -0.05) is 13.3 Å². The zero-order chi connectivity index (χ0) is 12.6. The van der Waals surface area contributed by atoms with Crippen LogP contribution >= 0.6 is 0 Å². The molecule has 0 aromatic carbocycles. The van der Waals surface area contributed by atoms with Crippen LogP contribution in [0.1, 0.15) is 53.4 Å². The average molecular weight is 225 g/mol. The third-order valence-corrected chi connectivity index (χ3v) is 2.70. The van der Waals surface area contributed by atoms with Gasteiger partial charge in [0.15, 0.2) is 0 Å². The molecule has 0 spiro atoms. The second-order valence-electron chi connectivity index (χ2n) is 5.05. The van der Waals surface area contributed by atoms with E-state index in [0.717, 1.165) is 25.7 Å². The molecule has 0 fully saturated rings. The molecular formula is C13H23NO2. The van der Waals surface area contributed by atoms with Crippen molar-refractivity contribution >= 4 is 5.97 Å². The van der Waals surface area contributed by atoms with E-state index >= 15 is 0 Å². The number of rotatable bonds is 7. The summed E-state index contributed by atoms with van der Waals surface area (Å²) in [4.78, 5) is 14.1. The Hall–Kier alpha value is -1.04. The highest BCUT2D eigenvalue weighted by Crippen LogP contribution is 2.20. The lowest BCUT2D eigenvalue weighted by Gasteiger charge is -2.14. The van der Waals surface area contributed by atoms with Crippen LogP contribution in [-0.4, -0.2) is 18.1 Å². The maximum absolute atomic E-state index is 10.6. The van der Waals surface area contributed by atoms with E-state index in [4.69, 9.17) is 11.3 Å². The van der Waals surface area contributed by atoms with Crippen LogP contribution in [0.5, 0.6) is 0 Å². The quantitative estimate of drug-likeness (QED) is 0.491. The lowest BCUT2D eigenvalue weighted by molar-refractivity contribution is -0.141. The van der Waals surface area contributed by atoms with Gasteiger partial charge in [0.05, 0.1) is 6.61 Å². The minimum Gasteiger partial charge on any atom is -0.466 e. The van der Waals surface area contributed by atoms with Gasteiger partial charge in [-0.3, -0.25) is 4.79 Å². The zero-order valence-electron chi connectivity index (χ0n) is 10.9. The van der Waals surface area contributed by atoms with Crippen LogP contribution in [0.25, 0.3) is 4.85 Å². The van der Waals surface area contributed by atoms with E-state index < -0.39 is 0 Å². The molecule has 0 amide bonds. The lowest BCUT2D eigenvalue weighted by atomic mass is 9.94. The van der Waals surface area contributed by atoms with Crippen molar-refractivity contribution in [3.05, 3.63) is 11.4 Å². The van der Waals surface area contributed by atoms with Gasteiger partial charge >= 0.3 is 5.97 Å². The van der Waals surface area contributed by atoms with Crippen LogP contribution in [0.4, 0.5) is 0 Å². The molecule has 0 rings (SSSR count). The van der Waals surface area contributed by atoms with E-state index in [-0.39, 0.29) is 11.5 Å². The molecule has 0 bridgehead atoms. The Labute approximate surface area is 99.0 Å². The monoisotopic (exact) mass is 225 g/mol. The van der Waals surface area contributed by atoms with Gasteiger partial charge in [0.25, 0.3) is 0 Å². The number of carbonyl (C=O) groups excluding carboxylic acids is 1. The third-order valence-electron chi connectivity index (χ3n) is 2.70. The van der Waals surface area contributed by atoms with E-state index in [1.165, 1.54) is 6.92 Å². The van der Waals surface area contributed by atoms with Crippen molar-refractivity contribution in [2.45, 2.75) is 58.9 Å². The Kier molecular flexibility index (Phi) is 6.80. The van der Waals surface area contributed by atoms with Gasteiger partial charge in [0.1, 0.15) is 0 Å². The average Bonchev–Trinajstić information content (AvgIpc) is 2.17.